The number of nitroso groups, excluding NO2 is 1. The molecule has 2 N–H and O–H groups in total. The van der Waals surface area contributed by atoms with Crippen molar-refractivity contribution in [3.8, 4) is 22.4 Å². The molecule has 0 spiro atoms. The number of rotatable bonds is 5. The average Bonchev–Trinajstić information content (AvgIpc) is 3.26. The minimum Gasteiger partial charge on any atom is -0.311 e. The van der Waals surface area contributed by atoms with Gasteiger partial charge < -0.3 is 9.72 Å². The van der Waals surface area contributed by atoms with Crippen molar-refractivity contribution in [2.24, 2.45) is 5.18 Å². The van der Waals surface area contributed by atoms with Crippen molar-refractivity contribution in [1.29, 1.82) is 0 Å². The van der Waals surface area contributed by atoms with Crippen molar-refractivity contribution in [2.75, 3.05) is 5.32 Å². The Balaban J connectivity index is 1.91. The van der Waals surface area contributed by atoms with Crippen LogP contribution in [-0.2, 0) is 11.3 Å². The molecule has 0 atom stereocenters. The number of carbonyl (C=O) groups excluding carboxylic acids is 1. The number of pyridine rings is 1. The Morgan fingerprint density at radius 2 is 1.96 bits per heavy atom. The fourth-order valence-electron chi connectivity index (χ4n) is 3.07. The van der Waals surface area contributed by atoms with E-state index >= 15 is 0 Å². The van der Waals surface area contributed by atoms with E-state index in [0.29, 0.717) is 34.0 Å². The number of carbonyl (C=O) groups is 1. The van der Waals surface area contributed by atoms with Gasteiger partial charge in [-0.3, -0.25) is 9.89 Å². The summed E-state index contributed by atoms with van der Waals surface area (Å²) in [4.78, 5) is 26.6. The van der Waals surface area contributed by atoms with Crippen LogP contribution >= 0.6 is 0 Å². The van der Waals surface area contributed by atoms with Gasteiger partial charge in [0, 0.05) is 24.2 Å². The SMILES string of the molecule is CC(=O)Nc1[nH]nc(-c2ccc(F)cc2)c1-c1ccc2ncc(CN=O)n2c1. The molecule has 4 aromatic rings. The van der Waals surface area contributed by atoms with Gasteiger partial charge in [-0.15, -0.1) is 0 Å². The first-order valence-electron chi connectivity index (χ1n) is 8.44. The predicted octanol–water partition coefficient (Wildman–Crippen LogP) is 3.76. The number of nitrogens with zero attached hydrogens (tertiary/aromatic N) is 4. The Morgan fingerprint density at radius 3 is 2.68 bits per heavy atom. The molecule has 0 saturated carbocycles. The van der Waals surface area contributed by atoms with Crippen molar-refractivity contribution in [3.05, 3.63) is 65.2 Å². The summed E-state index contributed by atoms with van der Waals surface area (Å²) in [5, 5.41) is 12.8. The van der Waals surface area contributed by atoms with Crippen molar-refractivity contribution in [2.45, 2.75) is 13.5 Å². The monoisotopic (exact) mass is 378 g/mol. The molecule has 3 aromatic heterocycles. The highest BCUT2D eigenvalue weighted by atomic mass is 19.1. The van der Waals surface area contributed by atoms with Crippen molar-refractivity contribution in [3.63, 3.8) is 0 Å². The van der Waals surface area contributed by atoms with Crippen LogP contribution in [0.1, 0.15) is 12.6 Å². The van der Waals surface area contributed by atoms with E-state index in [1.54, 1.807) is 35.0 Å². The first-order valence-corrected chi connectivity index (χ1v) is 8.44. The van der Waals surface area contributed by atoms with Gasteiger partial charge in [0.25, 0.3) is 0 Å². The predicted molar refractivity (Wildman–Crippen MR) is 102 cm³/mol. The lowest BCUT2D eigenvalue weighted by Crippen LogP contribution is -2.07. The molecule has 28 heavy (non-hydrogen) atoms. The third-order valence-corrected chi connectivity index (χ3v) is 4.28. The van der Waals surface area contributed by atoms with Crippen LogP contribution in [0.15, 0.2) is 54.0 Å². The van der Waals surface area contributed by atoms with E-state index in [0.717, 1.165) is 5.56 Å². The number of H-pyrrole nitrogens is 1. The molecule has 0 unspecified atom stereocenters. The van der Waals surface area contributed by atoms with E-state index < -0.39 is 0 Å². The lowest BCUT2D eigenvalue weighted by atomic mass is 10.0. The smallest absolute Gasteiger partial charge is 0.222 e. The summed E-state index contributed by atoms with van der Waals surface area (Å²) in [6.45, 7) is 1.38. The molecule has 0 bridgehead atoms. The Labute approximate surface area is 158 Å². The number of benzene rings is 1. The minimum absolute atomic E-state index is 0.0145. The van der Waals surface area contributed by atoms with Crippen LogP contribution in [0.3, 0.4) is 0 Å². The molecule has 8 nitrogen and oxygen atoms in total. The van der Waals surface area contributed by atoms with E-state index in [-0.39, 0.29) is 18.3 Å². The Hall–Kier alpha value is -3.88. The summed E-state index contributed by atoms with van der Waals surface area (Å²) >= 11 is 0. The number of aromatic nitrogens is 4. The van der Waals surface area contributed by atoms with Gasteiger partial charge >= 0.3 is 0 Å². The molecular formula is C19H15FN6O2. The van der Waals surface area contributed by atoms with Gasteiger partial charge in [-0.2, -0.15) is 10.0 Å². The molecule has 0 aliphatic carbocycles. The second-order valence-corrected chi connectivity index (χ2v) is 6.19. The second kappa shape index (κ2) is 7.03. The number of halogens is 1. The standard InChI is InChI=1S/C19H15FN6O2/c1-11(27)23-19-17(18(24-25-19)12-2-5-14(20)6-3-12)13-4-7-16-21-8-15(9-22-28)26(16)10-13/h2-8,10H,9H2,1H3,(H2,23,24,25,27). The molecule has 9 heteroatoms. The van der Waals surface area contributed by atoms with Gasteiger partial charge in [-0.25, -0.2) is 9.37 Å². The molecule has 3 heterocycles. The first-order chi connectivity index (χ1) is 13.6. The van der Waals surface area contributed by atoms with E-state index in [1.807, 2.05) is 6.07 Å². The third kappa shape index (κ3) is 3.13. The molecule has 1 amide bonds. The van der Waals surface area contributed by atoms with Crippen LogP contribution in [-0.4, -0.2) is 25.5 Å². The maximum Gasteiger partial charge on any atom is 0.222 e. The Morgan fingerprint density at radius 1 is 1.21 bits per heavy atom. The van der Waals surface area contributed by atoms with Crippen LogP contribution in [0.2, 0.25) is 0 Å². The quantitative estimate of drug-likeness (QED) is 0.516. The van der Waals surface area contributed by atoms with Crippen LogP contribution in [0.25, 0.3) is 28.0 Å². The van der Waals surface area contributed by atoms with Crippen molar-refractivity contribution >= 4 is 17.4 Å². The number of amides is 1. The molecule has 1 aromatic carbocycles. The molecule has 140 valence electrons. The van der Waals surface area contributed by atoms with Crippen LogP contribution in [0.5, 0.6) is 0 Å². The summed E-state index contributed by atoms with van der Waals surface area (Å²) in [7, 11) is 0. The Bertz CT molecular complexity index is 1180. The molecule has 0 saturated heterocycles. The molecular weight excluding hydrogens is 363 g/mol. The van der Waals surface area contributed by atoms with Gasteiger partial charge in [0.15, 0.2) is 0 Å². The number of aromatic amines is 1. The average molecular weight is 378 g/mol. The summed E-state index contributed by atoms with van der Waals surface area (Å²) in [5.41, 5.74) is 3.91. The minimum atomic E-state index is -0.353. The second-order valence-electron chi connectivity index (χ2n) is 6.19. The maximum atomic E-state index is 13.3. The lowest BCUT2D eigenvalue weighted by Gasteiger charge is -2.08. The zero-order valence-electron chi connectivity index (χ0n) is 14.8. The highest BCUT2D eigenvalue weighted by Gasteiger charge is 2.19. The number of fused-ring (bicyclic) bond motifs is 1. The van der Waals surface area contributed by atoms with Crippen LogP contribution < -0.4 is 5.32 Å². The van der Waals surface area contributed by atoms with E-state index in [1.165, 1.54) is 19.1 Å². The summed E-state index contributed by atoms with van der Waals surface area (Å²) < 4.78 is 15.1. The summed E-state index contributed by atoms with van der Waals surface area (Å²) in [6, 6.07) is 9.55. The zero-order valence-corrected chi connectivity index (χ0v) is 14.8. The number of anilines is 1. The van der Waals surface area contributed by atoms with E-state index in [4.69, 9.17) is 0 Å². The first kappa shape index (κ1) is 17.5. The largest absolute Gasteiger partial charge is 0.311 e. The summed E-state index contributed by atoms with van der Waals surface area (Å²) in [5.74, 6) is -0.194. The van der Waals surface area contributed by atoms with E-state index in [2.05, 4.69) is 25.7 Å². The maximum absolute atomic E-state index is 13.3. The molecule has 4 rings (SSSR count). The third-order valence-electron chi connectivity index (χ3n) is 4.28. The summed E-state index contributed by atoms with van der Waals surface area (Å²) in [6.07, 6.45) is 3.39. The van der Waals surface area contributed by atoms with E-state index in [9.17, 15) is 14.1 Å². The van der Waals surface area contributed by atoms with Crippen molar-refractivity contribution < 1.29 is 9.18 Å². The van der Waals surface area contributed by atoms with Crippen LogP contribution in [0, 0.1) is 10.7 Å². The number of hydrogen-bond donors (Lipinski definition) is 2. The van der Waals surface area contributed by atoms with Gasteiger partial charge in [0.1, 0.15) is 29.5 Å². The lowest BCUT2D eigenvalue weighted by molar-refractivity contribution is -0.114. The van der Waals surface area contributed by atoms with Gasteiger partial charge in [0.05, 0.1) is 17.5 Å². The Kier molecular flexibility index (Phi) is 4.40. The van der Waals surface area contributed by atoms with Gasteiger partial charge in [-0.05, 0) is 36.4 Å². The number of nitrogens with one attached hydrogen (secondary N) is 2. The molecule has 0 aliphatic rings. The molecule has 0 radical (unpaired) electrons. The molecule has 0 fully saturated rings. The highest BCUT2D eigenvalue weighted by molar-refractivity contribution is 5.97. The van der Waals surface area contributed by atoms with Gasteiger partial charge in [0.2, 0.25) is 5.91 Å². The topological polar surface area (TPSA) is 105 Å². The van der Waals surface area contributed by atoms with Gasteiger partial charge in [-0.1, -0.05) is 5.18 Å². The number of hydrogen-bond acceptors (Lipinski definition) is 5. The van der Waals surface area contributed by atoms with Crippen LogP contribution in [0.4, 0.5) is 10.2 Å². The zero-order chi connectivity index (χ0) is 19.7. The fourth-order valence-corrected chi connectivity index (χ4v) is 3.07. The highest BCUT2D eigenvalue weighted by Crippen LogP contribution is 2.36. The number of imidazole rings is 1. The fraction of sp³-hybridized carbons (Fsp3) is 0.105. The molecule has 0 aliphatic heterocycles. The normalized spacial score (nSPS) is 10.9. The van der Waals surface area contributed by atoms with Crippen molar-refractivity contribution in [1.82, 2.24) is 19.6 Å².